The predicted molar refractivity (Wildman–Crippen MR) is 93.0 cm³/mol. The van der Waals surface area contributed by atoms with E-state index in [1.54, 1.807) is 11.3 Å². The van der Waals surface area contributed by atoms with Gasteiger partial charge in [-0.25, -0.2) is 0 Å². The van der Waals surface area contributed by atoms with Crippen LogP contribution in [0.4, 0.5) is 0 Å². The Morgan fingerprint density at radius 2 is 2.21 bits per heavy atom. The van der Waals surface area contributed by atoms with Gasteiger partial charge < -0.3 is 14.8 Å². The third kappa shape index (κ3) is 2.19. The van der Waals surface area contributed by atoms with Gasteiger partial charge in [-0.15, -0.1) is 11.3 Å². The van der Waals surface area contributed by atoms with Gasteiger partial charge in [0.05, 0.1) is 10.2 Å². The number of aromatic amines is 1. The van der Waals surface area contributed by atoms with Crippen molar-refractivity contribution in [2.24, 2.45) is 11.8 Å². The molecule has 0 aromatic carbocycles. The van der Waals surface area contributed by atoms with Gasteiger partial charge in [0.2, 0.25) is 5.91 Å². The highest BCUT2D eigenvalue weighted by Crippen LogP contribution is 2.38. The zero-order valence-corrected chi connectivity index (χ0v) is 14.3. The molecule has 3 aliphatic rings. The van der Waals surface area contributed by atoms with Crippen LogP contribution in [0.25, 0.3) is 10.2 Å². The molecular formula is C18H21N3O2S. The molecule has 5 rings (SSSR count). The first-order valence-corrected chi connectivity index (χ1v) is 9.72. The largest absolute Gasteiger partial charge is 0.350 e. The van der Waals surface area contributed by atoms with Crippen LogP contribution in [0, 0.1) is 11.8 Å². The topological polar surface area (TPSA) is 56.4 Å². The molecule has 5 heterocycles. The number of carbonyl (C=O) groups excluding carboxylic acids is 2. The summed E-state index contributed by atoms with van der Waals surface area (Å²) in [6.45, 7) is 2.40. The van der Waals surface area contributed by atoms with Crippen molar-refractivity contribution in [3.8, 4) is 0 Å². The van der Waals surface area contributed by atoms with Crippen molar-refractivity contribution in [1.82, 2.24) is 14.8 Å². The van der Waals surface area contributed by atoms with Crippen molar-refractivity contribution in [2.75, 3.05) is 19.6 Å². The van der Waals surface area contributed by atoms with Crippen molar-refractivity contribution in [2.45, 2.75) is 31.7 Å². The summed E-state index contributed by atoms with van der Waals surface area (Å²) >= 11 is 1.66. The predicted octanol–water partition coefficient (Wildman–Crippen LogP) is 2.70. The normalized spacial score (nSPS) is 29.8. The van der Waals surface area contributed by atoms with Gasteiger partial charge >= 0.3 is 0 Å². The molecule has 6 heteroatoms. The fourth-order valence-corrected chi connectivity index (χ4v) is 5.69. The number of nitrogens with zero attached hydrogens (tertiary/aromatic N) is 2. The molecule has 2 aromatic rings. The van der Waals surface area contributed by atoms with Crippen LogP contribution in [0.15, 0.2) is 17.5 Å². The molecule has 0 radical (unpaired) electrons. The standard InChI is InChI=1S/C18H21N3O2S/c22-17-3-1-2-15-12-6-11(9-21(15)17)8-20(10-12)18(23)14-7-16-13(19-14)4-5-24-16/h4-5,7,11-12,15,19H,1-3,6,8-10H2/t11-,12-,15+/m1/s1. The van der Waals surface area contributed by atoms with Gasteiger partial charge in [-0.05, 0) is 48.6 Å². The number of fused-ring (bicyclic) bond motifs is 5. The number of thiophene rings is 1. The maximum atomic E-state index is 12.9. The van der Waals surface area contributed by atoms with E-state index in [4.69, 9.17) is 0 Å². The maximum absolute atomic E-state index is 12.9. The number of H-pyrrole nitrogens is 1. The third-order valence-electron chi connectivity index (χ3n) is 5.94. The lowest BCUT2D eigenvalue weighted by atomic mass is 9.76. The molecule has 3 fully saturated rings. The lowest BCUT2D eigenvalue weighted by Crippen LogP contribution is -2.61. The molecule has 126 valence electrons. The lowest BCUT2D eigenvalue weighted by molar-refractivity contribution is -0.144. The van der Waals surface area contributed by atoms with E-state index in [9.17, 15) is 9.59 Å². The summed E-state index contributed by atoms with van der Waals surface area (Å²) in [6, 6.07) is 4.35. The van der Waals surface area contributed by atoms with Gasteiger partial charge in [0, 0.05) is 32.1 Å². The number of piperidine rings is 3. The van der Waals surface area contributed by atoms with Crippen LogP contribution >= 0.6 is 11.3 Å². The van der Waals surface area contributed by atoms with Crippen molar-refractivity contribution in [1.29, 1.82) is 0 Å². The van der Waals surface area contributed by atoms with Gasteiger partial charge in [-0.2, -0.15) is 0 Å². The molecule has 3 saturated heterocycles. The molecule has 2 amide bonds. The second kappa shape index (κ2) is 5.34. The molecule has 3 atom stereocenters. The average molecular weight is 343 g/mol. The van der Waals surface area contributed by atoms with Crippen molar-refractivity contribution < 1.29 is 9.59 Å². The molecule has 2 bridgehead atoms. The van der Waals surface area contributed by atoms with Gasteiger partial charge in [-0.3, -0.25) is 9.59 Å². The molecule has 0 saturated carbocycles. The van der Waals surface area contributed by atoms with Crippen molar-refractivity contribution in [3.63, 3.8) is 0 Å². The van der Waals surface area contributed by atoms with E-state index >= 15 is 0 Å². The Morgan fingerprint density at radius 1 is 1.29 bits per heavy atom. The summed E-state index contributed by atoms with van der Waals surface area (Å²) in [5.41, 5.74) is 1.75. The van der Waals surface area contributed by atoms with E-state index in [0.717, 1.165) is 49.1 Å². The molecule has 0 spiro atoms. The second-order valence-electron chi connectivity index (χ2n) is 7.46. The zero-order chi connectivity index (χ0) is 16.3. The minimum atomic E-state index is 0.115. The maximum Gasteiger partial charge on any atom is 0.270 e. The number of nitrogens with one attached hydrogen (secondary N) is 1. The highest BCUT2D eigenvalue weighted by Gasteiger charge is 2.44. The summed E-state index contributed by atoms with van der Waals surface area (Å²) in [7, 11) is 0. The average Bonchev–Trinajstić information content (AvgIpc) is 3.17. The Balaban J connectivity index is 1.38. The molecule has 2 aromatic heterocycles. The fraction of sp³-hybridized carbons (Fsp3) is 0.556. The number of carbonyl (C=O) groups is 2. The minimum absolute atomic E-state index is 0.115. The first-order valence-electron chi connectivity index (χ1n) is 8.84. The fourth-order valence-electron chi connectivity index (χ4n) is 4.91. The quantitative estimate of drug-likeness (QED) is 0.865. The number of hydrogen-bond acceptors (Lipinski definition) is 3. The summed E-state index contributed by atoms with van der Waals surface area (Å²) in [4.78, 5) is 32.5. The van der Waals surface area contributed by atoms with Crippen molar-refractivity contribution in [3.05, 3.63) is 23.2 Å². The van der Waals surface area contributed by atoms with E-state index in [1.807, 2.05) is 22.4 Å². The number of aromatic nitrogens is 1. The number of rotatable bonds is 1. The van der Waals surface area contributed by atoms with Crippen LogP contribution in [0.5, 0.6) is 0 Å². The number of hydrogen-bond donors (Lipinski definition) is 1. The van der Waals surface area contributed by atoms with Gasteiger partial charge in [0.25, 0.3) is 5.91 Å². The molecular weight excluding hydrogens is 322 g/mol. The Hall–Kier alpha value is -1.82. The Kier molecular flexibility index (Phi) is 3.23. The van der Waals surface area contributed by atoms with Crippen molar-refractivity contribution >= 4 is 33.4 Å². The molecule has 1 N–H and O–H groups in total. The van der Waals surface area contributed by atoms with Crippen LogP contribution in [-0.2, 0) is 4.79 Å². The minimum Gasteiger partial charge on any atom is -0.350 e. The van der Waals surface area contributed by atoms with Gasteiger partial charge in [0.1, 0.15) is 5.69 Å². The van der Waals surface area contributed by atoms with Crippen LogP contribution in [0.3, 0.4) is 0 Å². The Bertz CT molecular complexity index is 782. The monoisotopic (exact) mass is 343 g/mol. The van der Waals surface area contributed by atoms with Crippen LogP contribution in [0.2, 0.25) is 0 Å². The van der Waals surface area contributed by atoms with Crippen LogP contribution in [0.1, 0.15) is 36.2 Å². The van der Waals surface area contributed by atoms with E-state index in [1.165, 1.54) is 0 Å². The second-order valence-corrected chi connectivity index (χ2v) is 8.41. The van der Waals surface area contributed by atoms with E-state index < -0.39 is 0 Å². The molecule has 3 aliphatic heterocycles. The van der Waals surface area contributed by atoms with E-state index in [-0.39, 0.29) is 5.91 Å². The Morgan fingerprint density at radius 3 is 3.08 bits per heavy atom. The summed E-state index contributed by atoms with van der Waals surface area (Å²) in [6.07, 6.45) is 3.97. The van der Waals surface area contributed by atoms with Crippen LogP contribution < -0.4 is 0 Å². The Labute approximate surface area is 144 Å². The molecule has 0 unspecified atom stereocenters. The first-order chi connectivity index (χ1) is 11.7. The summed E-state index contributed by atoms with van der Waals surface area (Å²) in [5.74, 6) is 1.32. The number of likely N-dealkylation sites (tertiary alicyclic amines) is 1. The van der Waals surface area contributed by atoms with E-state index in [0.29, 0.717) is 35.9 Å². The third-order valence-corrected chi connectivity index (χ3v) is 6.80. The highest BCUT2D eigenvalue weighted by molar-refractivity contribution is 7.17. The van der Waals surface area contributed by atoms with Gasteiger partial charge in [0.15, 0.2) is 0 Å². The van der Waals surface area contributed by atoms with E-state index in [2.05, 4.69) is 9.88 Å². The molecule has 0 aliphatic carbocycles. The number of amides is 2. The first kappa shape index (κ1) is 14.5. The summed E-state index contributed by atoms with van der Waals surface area (Å²) < 4.78 is 1.14. The zero-order valence-electron chi connectivity index (χ0n) is 13.5. The lowest BCUT2D eigenvalue weighted by Gasteiger charge is -2.52. The molecule has 24 heavy (non-hydrogen) atoms. The molecule has 5 nitrogen and oxygen atoms in total. The smallest absolute Gasteiger partial charge is 0.270 e. The van der Waals surface area contributed by atoms with Gasteiger partial charge in [-0.1, -0.05) is 0 Å². The summed E-state index contributed by atoms with van der Waals surface area (Å²) in [5, 5.41) is 2.04. The highest BCUT2D eigenvalue weighted by atomic mass is 32.1. The SMILES string of the molecule is O=C(c1cc2sccc2[nH]1)N1C[C@H]2C[C@H](C1)[C@@H]1CCCC(=O)N1C2. The van der Waals surface area contributed by atoms with Crippen LogP contribution in [-0.4, -0.2) is 52.3 Å².